The molecule has 0 radical (unpaired) electrons. The summed E-state index contributed by atoms with van der Waals surface area (Å²) in [6.45, 7) is 5.99. The first kappa shape index (κ1) is 24.4. The summed E-state index contributed by atoms with van der Waals surface area (Å²) in [6, 6.07) is 11.3. The van der Waals surface area contributed by atoms with Crippen LogP contribution in [0.2, 0.25) is 10.0 Å². The Kier molecular flexibility index (Phi) is 5.88. The maximum absolute atomic E-state index is 13.7. The molecule has 5 rings (SSSR count). The van der Waals surface area contributed by atoms with Crippen LogP contribution in [0.3, 0.4) is 0 Å². The van der Waals surface area contributed by atoms with Gasteiger partial charge in [-0.05, 0) is 62.7 Å². The molecule has 1 amide bonds. The second-order valence-electron chi connectivity index (χ2n) is 10.0. The molecule has 36 heavy (non-hydrogen) atoms. The SMILES string of the molecule is COc1cc2c(cc1-c1ccn(C)n1)-c1c(c(C(=O)N(C)C(C)(C)C)nn1-c1cc(Cl)cc(Cl)c1)C2. The number of fused-ring (bicyclic) bond motifs is 3. The molecule has 0 aliphatic heterocycles. The minimum Gasteiger partial charge on any atom is -0.496 e. The average molecular weight is 524 g/mol. The molecule has 4 aromatic rings. The van der Waals surface area contributed by atoms with Crippen molar-refractivity contribution in [2.45, 2.75) is 32.7 Å². The first-order valence-corrected chi connectivity index (χ1v) is 12.3. The van der Waals surface area contributed by atoms with Gasteiger partial charge in [0.2, 0.25) is 0 Å². The number of methoxy groups -OCH3 is 1. The molecule has 0 atom stereocenters. The number of benzene rings is 2. The molecular weight excluding hydrogens is 497 g/mol. The molecule has 0 bridgehead atoms. The fourth-order valence-corrected chi connectivity index (χ4v) is 5.00. The third kappa shape index (κ3) is 4.06. The van der Waals surface area contributed by atoms with Gasteiger partial charge in [-0.1, -0.05) is 23.2 Å². The molecule has 2 aromatic carbocycles. The smallest absolute Gasteiger partial charge is 0.274 e. The first-order valence-electron chi connectivity index (χ1n) is 11.6. The highest BCUT2D eigenvalue weighted by molar-refractivity contribution is 6.34. The number of aromatic nitrogens is 4. The molecule has 186 valence electrons. The van der Waals surface area contributed by atoms with E-state index in [2.05, 4.69) is 11.2 Å². The zero-order valence-electron chi connectivity index (χ0n) is 21.1. The quantitative estimate of drug-likeness (QED) is 0.288. The molecule has 1 aliphatic rings. The summed E-state index contributed by atoms with van der Waals surface area (Å²) in [5.74, 6) is 0.581. The van der Waals surface area contributed by atoms with Crippen molar-refractivity contribution in [2.75, 3.05) is 14.2 Å². The minimum atomic E-state index is -0.367. The van der Waals surface area contributed by atoms with Crippen LogP contribution in [0.1, 0.15) is 42.4 Å². The average Bonchev–Trinajstić information content (AvgIpc) is 3.49. The number of halogens is 2. The molecule has 2 aromatic heterocycles. The van der Waals surface area contributed by atoms with Crippen molar-refractivity contribution in [3.8, 4) is 34.0 Å². The monoisotopic (exact) mass is 523 g/mol. The van der Waals surface area contributed by atoms with Gasteiger partial charge >= 0.3 is 0 Å². The Balaban J connectivity index is 1.76. The fourth-order valence-electron chi connectivity index (χ4n) is 4.49. The van der Waals surface area contributed by atoms with Crippen molar-refractivity contribution < 1.29 is 9.53 Å². The Morgan fingerprint density at radius 3 is 2.33 bits per heavy atom. The number of carbonyl (C=O) groups is 1. The van der Waals surface area contributed by atoms with Crippen molar-refractivity contribution in [3.05, 3.63) is 69.5 Å². The Morgan fingerprint density at radius 2 is 1.75 bits per heavy atom. The van der Waals surface area contributed by atoms with Gasteiger partial charge in [-0.25, -0.2) is 4.68 Å². The van der Waals surface area contributed by atoms with Crippen LogP contribution in [0, 0.1) is 0 Å². The molecule has 0 saturated carbocycles. The van der Waals surface area contributed by atoms with Crippen molar-refractivity contribution in [1.82, 2.24) is 24.5 Å². The summed E-state index contributed by atoms with van der Waals surface area (Å²) < 4.78 is 9.26. The Bertz CT molecular complexity index is 1490. The fraction of sp³-hybridized carbons (Fsp3) is 0.296. The molecule has 0 spiro atoms. The Morgan fingerprint density at radius 1 is 1.06 bits per heavy atom. The van der Waals surface area contributed by atoms with E-state index < -0.39 is 0 Å². The highest BCUT2D eigenvalue weighted by Gasteiger charge is 2.35. The van der Waals surface area contributed by atoms with Gasteiger partial charge in [-0.2, -0.15) is 10.2 Å². The third-order valence-corrected chi connectivity index (χ3v) is 7.06. The van der Waals surface area contributed by atoms with E-state index in [1.165, 1.54) is 0 Å². The van der Waals surface area contributed by atoms with Crippen LogP contribution in [-0.2, 0) is 13.5 Å². The molecule has 0 fully saturated rings. The zero-order valence-corrected chi connectivity index (χ0v) is 22.6. The van der Waals surface area contributed by atoms with Crippen LogP contribution < -0.4 is 4.74 Å². The standard InChI is InChI=1S/C27H27Cl2N5O2/c1-27(2,3)33(5)26(35)24-21-9-15-10-23(36-6)20(22-7-8-32(4)30-22)14-19(15)25(21)34(31-24)18-12-16(28)11-17(29)13-18/h7-8,10-14H,9H2,1-6H3. The lowest BCUT2D eigenvalue weighted by Crippen LogP contribution is -2.43. The number of hydrogen-bond acceptors (Lipinski definition) is 4. The second kappa shape index (κ2) is 8.68. The molecule has 7 nitrogen and oxygen atoms in total. The van der Waals surface area contributed by atoms with Crippen LogP contribution in [0.4, 0.5) is 0 Å². The highest BCUT2D eigenvalue weighted by Crippen LogP contribution is 2.45. The summed E-state index contributed by atoms with van der Waals surface area (Å²) >= 11 is 12.7. The second-order valence-corrected chi connectivity index (χ2v) is 10.9. The molecule has 2 heterocycles. The highest BCUT2D eigenvalue weighted by atomic mass is 35.5. The molecule has 1 aliphatic carbocycles. The van der Waals surface area contributed by atoms with E-state index >= 15 is 0 Å². The van der Waals surface area contributed by atoms with Crippen LogP contribution in [0.5, 0.6) is 5.75 Å². The van der Waals surface area contributed by atoms with E-state index in [1.54, 1.807) is 46.6 Å². The molecular formula is C27H27Cl2N5O2. The number of amides is 1. The predicted molar refractivity (Wildman–Crippen MR) is 142 cm³/mol. The summed E-state index contributed by atoms with van der Waals surface area (Å²) in [6.07, 6.45) is 2.45. The van der Waals surface area contributed by atoms with E-state index in [4.69, 9.17) is 33.0 Å². The number of carbonyl (C=O) groups excluding carboxylic acids is 1. The van der Waals surface area contributed by atoms with Gasteiger partial charge in [0, 0.05) is 59.0 Å². The number of hydrogen-bond donors (Lipinski definition) is 0. The molecule has 9 heteroatoms. The third-order valence-electron chi connectivity index (χ3n) is 6.63. The molecule has 0 saturated heterocycles. The zero-order chi connectivity index (χ0) is 25.9. The number of rotatable bonds is 4. The van der Waals surface area contributed by atoms with Crippen molar-refractivity contribution in [2.24, 2.45) is 7.05 Å². The number of nitrogens with zero attached hydrogens (tertiary/aromatic N) is 5. The van der Waals surface area contributed by atoms with Gasteiger partial charge in [0.1, 0.15) is 5.75 Å². The number of ether oxygens (including phenoxy) is 1. The maximum atomic E-state index is 13.7. The van der Waals surface area contributed by atoms with Gasteiger partial charge in [0.25, 0.3) is 5.91 Å². The minimum absolute atomic E-state index is 0.143. The molecule has 0 unspecified atom stereocenters. The van der Waals surface area contributed by atoms with Crippen molar-refractivity contribution in [1.29, 1.82) is 0 Å². The van der Waals surface area contributed by atoms with Crippen LogP contribution in [0.15, 0.2) is 42.6 Å². The lowest BCUT2D eigenvalue weighted by Gasteiger charge is -2.31. The van der Waals surface area contributed by atoms with Gasteiger partial charge in [0.05, 0.1) is 24.2 Å². The lowest BCUT2D eigenvalue weighted by atomic mass is 10.0. The summed E-state index contributed by atoms with van der Waals surface area (Å²) in [7, 11) is 5.33. The Hall–Kier alpha value is -3.29. The Labute approximate surface area is 220 Å². The topological polar surface area (TPSA) is 65.2 Å². The van der Waals surface area contributed by atoms with Gasteiger partial charge in [-0.15, -0.1) is 0 Å². The van der Waals surface area contributed by atoms with Crippen LogP contribution >= 0.6 is 23.2 Å². The van der Waals surface area contributed by atoms with E-state index in [0.29, 0.717) is 27.8 Å². The normalized spacial score (nSPS) is 12.4. The largest absolute Gasteiger partial charge is 0.496 e. The van der Waals surface area contributed by atoms with Crippen LogP contribution in [-0.4, -0.2) is 50.1 Å². The summed E-state index contributed by atoms with van der Waals surface area (Å²) in [5.41, 5.74) is 6.11. The lowest BCUT2D eigenvalue weighted by molar-refractivity contribution is 0.0648. The van der Waals surface area contributed by atoms with E-state index in [9.17, 15) is 4.79 Å². The van der Waals surface area contributed by atoms with Crippen LogP contribution in [0.25, 0.3) is 28.2 Å². The van der Waals surface area contributed by atoms with Gasteiger partial charge < -0.3 is 9.64 Å². The van der Waals surface area contributed by atoms with Crippen molar-refractivity contribution in [3.63, 3.8) is 0 Å². The van der Waals surface area contributed by atoms with Gasteiger partial charge in [-0.3, -0.25) is 9.48 Å². The van der Waals surface area contributed by atoms with Crippen molar-refractivity contribution >= 4 is 29.1 Å². The van der Waals surface area contributed by atoms with Gasteiger partial charge in [0.15, 0.2) is 5.69 Å². The predicted octanol–water partition coefficient (Wildman–Crippen LogP) is 6.03. The summed E-state index contributed by atoms with van der Waals surface area (Å²) in [5, 5.41) is 10.4. The number of aryl methyl sites for hydroxylation is 1. The summed E-state index contributed by atoms with van der Waals surface area (Å²) in [4.78, 5) is 15.4. The molecule has 0 N–H and O–H groups in total. The van der Waals surface area contributed by atoms with E-state index in [1.807, 2.05) is 46.1 Å². The maximum Gasteiger partial charge on any atom is 0.274 e. The van der Waals surface area contributed by atoms with E-state index in [-0.39, 0.29) is 11.4 Å². The van der Waals surface area contributed by atoms with E-state index in [0.717, 1.165) is 39.4 Å². The first-order chi connectivity index (χ1) is 17.0.